The van der Waals surface area contributed by atoms with Crippen LogP contribution in [0.1, 0.15) is 17.5 Å². The van der Waals surface area contributed by atoms with Gasteiger partial charge in [0.1, 0.15) is 12.4 Å². The lowest BCUT2D eigenvalue weighted by atomic mass is 10.0. The maximum atomic E-state index is 10.7. The van der Waals surface area contributed by atoms with Crippen LogP contribution in [0.5, 0.6) is 5.75 Å². The van der Waals surface area contributed by atoms with E-state index < -0.39 is 5.97 Å². The Hall–Kier alpha value is -3.11. The number of ether oxygens (including phenoxy) is 1. The molecule has 1 aromatic heterocycles. The van der Waals surface area contributed by atoms with Crippen molar-refractivity contribution < 1.29 is 14.6 Å². The number of aryl methyl sites for hydroxylation is 1. The minimum absolute atomic E-state index is 0.143. The van der Waals surface area contributed by atoms with E-state index in [-0.39, 0.29) is 6.42 Å². The highest BCUT2D eigenvalue weighted by Crippen LogP contribution is 2.34. The first-order valence-electron chi connectivity index (χ1n) is 9.18. The molecule has 1 heterocycles. The zero-order chi connectivity index (χ0) is 19.3. The Morgan fingerprint density at radius 2 is 1.75 bits per heavy atom. The summed E-state index contributed by atoms with van der Waals surface area (Å²) in [6.45, 7) is 0.490. The van der Waals surface area contributed by atoms with Gasteiger partial charge in [0, 0.05) is 22.1 Å². The van der Waals surface area contributed by atoms with Gasteiger partial charge in [0.2, 0.25) is 0 Å². The molecule has 0 atom stereocenters. The second-order valence-corrected chi connectivity index (χ2v) is 7.58. The lowest BCUT2D eigenvalue weighted by Crippen LogP contribution is -1.98. The molecule has 28 heavy (non-hydrogen) atoms. The van der Waals surface area contributed by atoms with Gasteiger partial charge in [-0.15, -0.1) is 11.3 Å². The molecular weight excluding hydrogens is 368 g/mol. The normalized spacial score (nSPS) is 10.9. The number of hydrogen-bond acceptors (Lipinski definition) is 3. The molecule has 4 aromatic rings. The monoisotopic (exact) mass is 388 g/mol. The molecule has 0 saturated heterocycles. The molecule has 0 bridgehead atoms. The van der Waals surface area contributed by atoms with E-state index in [0.29, 0.717) is 13.0 Å². The minimum Gasteiger partial charge on any atom is -0.489 e. The van der Waals surface area contributed by atoms with Gasteiger partial charge in [-0.25, -0.2) is 0 Å². The van der Waals surface area contributed by atoms with E-state index in [9.17, 15) is 4.79 Å². The standard InChI is InChI=1S/C24H20O3S/c25-24(26)13-10-17-8-11-20(12-9-17)27-15-18-4-3-5-19(14-18)22-16-28-23-7-2-1-6-21(22)23/h1-9,11-12,14,16H,10,13,15H2,(H,25,26). The zero-order valence-corrected chi connectivity index (χ0v) is 16.1. The fourth-order valence-corrected chi connectivity index (χ4v) is 4.17. The van der Waals surface area contributed by atoms with Gasteiger partial charge in [-0.05, 0) is 52.8 Å². The number of rotatable bonds is 7. The molecule has 0 fully saturated rings. The zero-order valence-electron chi connectivity index (χ0n) is 15.3. The first-order chi connectivity index (χ1) is 13.7. The Morgan fingerprint density at radius 1 is 0.929 bits per heavy atom. The number of carboxylic acid groups (broad SMARTS) is 1. The number of hydrogen-bond donors (Lipinski definition) is 1. The third kappa shape index (κ3) is 4.24. The van der Waals surface area contributed by atoms with Gasteiger partial charge in [-0.1, -0.05) is 48.5 Å². The number of carboxylic acids is 1. The summed E-state index contributed by atoms with van der Waals surface area (Å²) < 4.78 is 7.21. The number of fused-ring (bicyclic) bond motifs is 1. The summed E-state index contributed by atoms with van der Waals surface area (Å²) in [6, 6.07) is 24.5. The van der Waals surface area contributed by atoms with E-state index in [2.05, 4.69) is 53.9 Å². The molecule has 3 aromatic carbocycles. The Kier molecular flexibility index (Phi) is 5.40. The van der Waals surface area contributed by atoms with E-state index >= 15 is 0 Å². The Labute approximate surface area is 167 Å². The molecule has 0 spiro atoms. The lowest BCUT2D eigenvalue weighted by molar-refractivity contribution is -0.136. The van der Waals surface area contributed by atoms with Crippen LogP contribution in [-0.4, -0.2) is 11.1 Å². The molecule has 0 saturated carbocycles. The first kappa shape index (κ1) is 18.3. The summed E-state index contributed by atoms with van der Waals surface area (Å²) in [5.41, 5.74) is 4.57. The third-order valence-electron chi connectivity index (χ3n) is 4.68. The highest BCUT2D eigenvalue weighted by Gasteiger charge is 2.07. The van der Waals surface area contributed by atoms with E-state index in [4.69, 9.17) is 9.84 Å². The SMILES string of the molecule is O=C(O)CCc1ccc(OCc2cccc(-c3csc4ccccc34)c2)cc1. The van der Waals surface area contributed by atoms with Crippen LogP contribution in [0.4, 0.5) is 0 Å². The fraction of sp³-hybridized carbons (Fsp3) is 0.125. The summed E-state index contributed by atoms with van der Waals surface area (Å²) >= 11 is 1.76. The molecule has 3 nitrogen and oxygen atoms in total. The van der Waals surface area contributed by atoms with Gasteiger partial charge in [0.15, 0.2) is 0 Å². The van der Waals surface area contributed by atoms with Crippen molar-refractivity contribution in [1.82, 2.24) is 0 Å². The molecule has 0 aliphatic rings. The van der Waals surface area contributed by atoms with E-state index in [1.165, 1.54) is 21.2 Å². The van der Waals surface area contributed by atoms with Crippen molar-refractivity contribution in [1.29, 1.82) is 0 Å². The summed E-state index contributed by atoms with van der Waals surface area (Å²) in [7, 11) is 0. The molecule has 0 amide bonds. The van der Waals surface area contributed by atoms with E-state index in [1.54, 1.807) is 11.3 Å². The van der Waals surface area contributed by atoms with Crippen LogP contribution in [0.15, 0.2) is 78.2 Å². The largest absolute Gasteiger partial charge is 0.489 e. The molecule has 4 heteroatoms. The van der Waals surface area contributed by atoms with Gasteiger partial charge < -0.3 is 9.84 Å². The van der Waals surface area contributed by atoms with Gasteiger partial charge in [-0.3, -0.25) is 4.79 Å². The molecule has 1 N–H and O–H groups in total. The van der Waals surface area contributed by atoms with Crippen LogP contribution in [0.2, 0.25) is 0 Å². The quantitative estimate of drug-likeness (QED) is 0.412. The summed E-state index contributed by atoms with van der Waals surface area (Å²) in [5, 5.41) is 12.3. The maximum absolute atomic E-state index is 10.7. The number of carbonyl (C=O) groups is 1. The predicted octanol–water partition coefficient (Wildman–Crippen LogP) is 6.16. The molecule has 0 aliphatic heterocycles. The van der Waals surface area contributed by atoms with Gasteiger partial charge in [0.05, 0.1) is 0 Å². The van der Waals surface area contributed by atoms with Crippen molar-refractivity contribution in [3.63, 3.8) is 0 Å². The van der Waals surface area contributed by atoms with Crippen molar-refractivity contribution in [3.8, 4) is 16.9 Å². The molecule has 4 rings (SSSR count). The van der Waals surface area contributed by atoms with Crippen LogP contribution >= 0.6 is 11.3 Å². The van der Waals surface area contributed by atoms with Gasteiger partial charge in [0.25, 0.3) is 0 Å². The van der Waals surface area contributed by atoms with Crippen molar-refractivity contribution in [3.05, 3.63) is 89.3 Å². The highest BCUT2D eigenvalue weighted by atomic mass is 32.1. The number of benzene rings is 3. The highest BCUT2D eigenvalue weighted by molar-refractivity contribution is 7.17. The van der Waals surface area contributed by atoms with Crippen LogP contribution in [-0.2, 0) is 17.8 Å². The Morgan fingerprint density at radius 3 is 2.57 bits per heavy atom. The summed E-state index contributed by atoms with van der Waals surface area (Å²) in [5.74, 6) is 0.00377. The fourth-order valence-electron chi connectivity index (χ4n) is 3.20. The van der Waals surface area contributed by atoms with Crippen LogP contribution in [0.25, 0.3) is 21.2 Å². The van der Waals surface area contributed by atoms with Crippen molar-refractivity contribution in [2.45, 2.75) is 19.4 Å². The van der Waals surface area contributed by atoms with Crippen molar-refractivity contribution in [2.75, 3.05) is 0 Å². The molecule has 0 unspecified atom stereocenters. The van der Waals surface area contributed by atoms with Crippen LogP contribution < -0.4 is 4.74 Å². The minimum atomic E-state index is -0.779. The predicted molar refractivity (Wildman–Crippen MR) is 114 cm³/mol. The molecule has 140 valence electrons. The van der Waals surface area contributed by atoms with Crippen LogP contribution in [0, 0.1) is 0 Å². The van der Waals surface area contributed by atoms with E-state index in [0.717, 1.165) is 16.9 Å². The maximum Gasteiger partial charge on any atom is 0.303 e. The third-order valence-corrected chi connectivity index (χ3v) is 5.64. The summed E-state index contributed by atoms with van der Waals surface area (Å²) in [4.78, 5) is 10.7. The second-order valence-electron chi connectivity index (χ2n) is 6.67. The average Bonchev–Trinajstić information content (AvgIpc) is 3.16. The second kappa shape index (κ2) is 8.28. The average molecular weight is 388 g/mol. The smallest absolute Gasteiger partial charge is 0.303 e. The van der Waals surface area contributed by atoms with E-state index in [1.807, 2.05) is 24.3 Å². The number of thiophene rings is 1. The van der Waals surface area contributed by atoms with Crippen molar-refractivity contribution >= 4 is 27.4 Å². The lowest BCUT2D eigenvalue weighted by Gasteiger charge is -2.09. The summed E-state index contributed by atoms with van der Waals surface area (Å²) in [6.07, 6.45) is 0.677. The molecular formula is C24H20O3S. The van der Waals surface area contributed by atoms with Gasteiger partial charge in [-0.2, -0.15) is 0 Å². The molecule has 0 aliphatic carbocycles. The van der Waals surface area contributed by atoms with Gasteiger partial charge >= 0.3 is 5.97 Å². The topological polar surface area (TPSA) is 46.5 Å². The molecule has 0 radical (unpaired) electrons. The number of aliphatic carboxylic acids is 1. The van der Waals surface area contributed by atoms with Crippen molar-refractivity contribution in [2.24, 2.45) is 0 Å². The Balaban J connectivity index is 1.45. The Bertz CT molecular complexity index is 1100. The first-order valence-corrected chi connectivity index (χ1v) is 10.1. The van der Waals surface area contributed by atoms with Crippen LogP contribution in [0.3, 0.4) is 0 Å².